The first-order valence-corrected chi connectivity index (χ1v) is 6.89. The monoisotopic (exact) mass is 250 g/mol. The van der Waals surface area contributed by atoms with E-state index in [0.717, 1.165) is 12.2 Å². The van der Waals surface area contributed by atoms with Crippen molar-refractivity contribution in [1.29, 1.82) is 0 Å². The summed E-state index contributed by atoms with van der Waals surface area (Å²) in [6.45, 7) is 0.844. The Morgan fingerprint density at radius 3 is 2.44 bits per heavy atom. The van der Waals surface area contributed by atoms with E-state index in [9.17, 15) is 4.39 Å². The van der Waals surface area contributed by atoms with Crippen LogP contribution in [0.5, 0.6) is 0 Å². The number of nitrogens with two attached hydrogens (primary N) is 1. The van der Waals surface area contributed by atoms with Crippen LogP contribution in [0.15, 0.2) is 24.3 Å². The lowest BCUT2D eigenvalue weighted by molar-refractivity contribution is 0.306. The van der Waals surface area contributed by atoms with Gasteiger partial charge in [0.2, 0.25) is 0 Å². The summed E-state index contributed by atoms with van der Waals surface area (Å²) in [4.78, 5) is 2.12. The molecular formula is C15H23FN2. The fraction of sp³-hybridized carbons (Fsp3) is 0.600. The lowest BCUT2D eigenvalue weighted by Gasteiger charge is -2.31. The number of likely N-dealkylation sites (N-methyl/N-ethyl adjacent to an activating group) is 1. The number of hydrogen-bond donors (Lipinski definition) is 1. The van der Waals surface area contributed by atoms with E-state index in [1.165, 1.54) is 44.2 Å². The number of benzene rings is 1. The minimum absolute atomic E-state index is 0.191. The van der Waals surface area contributed by atoms with Crippen molar-refractivity contribution in [1.82, 2.24) is 0 Å². The van der Waals surface area contributed by atoms with Crippen LogP contribution in [0.25, 0.3) is 0 Å². The van der Waals surface area contributed by atoms with Gasteiger partial charge in [0.05, 0.1) is 0 Å². The molecule has 18 heavy (non-hydrogen) atoms. The van der Waals surface area contributed by atoms with E-state index in [-0.39, 0.29) is 11.9 Å². The van der Waals surface area contributed by atoms with Gasteiger partial charge in [0, 0.05) is 25.3 Å². The van der Waals surface area contributed by atoms with Crippen LogP contribution in [0.1, 0.15) is 32.1 Å². The molecule has 1 aromatic rings. The Labute approximate surface area is 109 Å². The van der Waals surface area contributed by atoms with E-state index in [1.54, 1.807) is 0 Å². The molecule has 0 aliphatic heterocycles. The first kappa shape index (κ1) is 13.3. The predicted octanol–water partition coefficient (Wildman–Crippen LogP) is 3.17. The van der Waals surface area contributed by atoms with Crippen molar-refractivity contribution in [3.8, 4) is 0 Å². The molecule has 0 bridgehead atoms. The molecule has 1 aromatic carbocycles. The van der Waals surface area contributed by atoms with Gasteiger partial charge >= 0.3 is 0 Å². The molecular weight excluding hydrogens is 227 g/mol. The molecule has 0 aromatic heterocycles. The summed E-state index contributed by atoms with van der Waals surface area (Å²) in [6, 6.07) is 6.84. The van der Waals surface area contributed by atoms with Crippen molar-refractivity contribution in [2.45, 2.75) is 38.1 Å². The fourth-order valence-electron chi connectivity index (χ4n) is 2.83. The van der Waals surface area contributed by atoms with Crippen molar-refractivity contribution in [3.63, 3.8) is 0 Å². The predicted molar refractivity (Wildman–Crippen MR) is 74.2 cm³/mol. The van der Waals surface area contributed by atoms with Gasteiger partial charge in [-0.15, -0.1) is 0 Å². The molecule has 1 unspecified atom stereocenters. The first-order chi connectivity index (χ1) is 8.66. The van der Waals surface area contributed by atoms with Gasteiger partial charge < -0.3 is 10.6 Å². The van der Waals surface area contributed by atoms with Crippen LogP contribution < -0.4 is 10.6 Å². The van der Waals surface area contributed by atoms with Crippen molar-refractivity contribution in [2.24, 2.45) is 11.7 Å². The van der Waals surface area contributed by atoms with Crippen molar-refractivity contribution < 1.29 is 4.39 Å². The summed E-state index contributed by atoms with van der Waals surface area (Å²) >= 11 is 0. The fourth-order valence-corrected chi connectivity index (χ4v) is 2.83. The average molecular weight is 250 g/mol. The first-order valence-electron chi connectivity index (χ1n) is 6.89. The van der Waals surface area contributed by atoms with Gasteiger partial charge in [-0.3, -0.25) is 0 Å². The highest BCUT2D eigenvalue weighted by atomic mass is 19.1. The molecule has 0 spiro atoms. The third-order valence-corrected chi connectivity index (χ3v) is 4.01. The zero-order valence-corrected chi connectivity index (χ0v) is 11.1. The molecule has 100 valence electrons. The van der Waals surface area contributed by atoms with Crippen LogP contribution in [-0.2, 0) is 0 Å². The molecule has 1 aliphatic carbocycles. The lowest BCUT2D eigenvalue weighted by atomic mass is 9.84. The lowest BCUT2D eigenvalue weighted by Crippen LogP contribution is -2.41. The Kier molecular flexibility index (Phi) is 4.59. The Balaban J connectivity index is 1.89. The average Bonchev–Trinajstić information content (AvgIpc) is 2.40. The largest absolute Gasteiger partial charge is 0.373 e. The second-order valence-electron chi connectivity index (χ2n) is 5.42. The van der Waals surface area contributed by atoms with Crippen LogP contribution in [0, 0.1) is 11.7 Å². The van der Waals surface area contributed by atoms with E-state index < -0.39 is 0 Å². The molecule has 3 heteroatoms. The highest BCUT2D eigenvalue weighted by Gasteiger charge is 2.21. The number of rotatable bonds is 4. The SMILES string of the molecule is CN(CC(N)C1CCCCC1)c1ccc(F)cc1. The summed E-state index contributed by atoms with van der Waals surface area (Å²) in [5.41, 5.74) is 7.33. The van der Waals surface area contributed by atoms with Gasteiger partial charge in [-0.1, -0.05) is 19.3 Å². The molecule has 1 atom stereocenters. The zero-order valence-electron chi connectivity index (χ0n) is 11.1. The van der Waals surface area contributed by atoms with Crippen molar-refractivity contribution in [2.75, 3.05) is 18.5 Å². The number of halogens is 1. The maximum atomic E-state index is 12.9. The molecule has 2 rings (SSSR count). The topological polar surface area (TPSA) is 29.3 Å². The Hall–Kier alpha value is -1.09. The standard InChI is InChI=1S/C15H23FN2/c1-18(14-9-7-13(16)8-10-14)11-15(17)12-5-3-2-4-6-12/h7-10,12,15H,2-6,11,17H2,1H3. The van der Waals surface area contributed by atoms with Crippen LogP contribution in [0.2, 0.25) is 0 Å². The summed E-state index contributed by atoms with van der Waals surface area (Å²) in [7, 11) is 2.02. The van der Waals surface area contributed by atoms with Gasteiger partial charge in [-0.05, 0) is 43.0 Å². The quantitative estimate of drug-likeness (QED) is 0.889. The molecule has 0 heterocycles. The van der Waals surface area contributed by atoms with Crippen molar-refractivity contribution >= 4 is 5.69 Å². The zero-order chi connectivity index (χ0) is 13.0. The molecule has 1 fully saturated rings. The summed E-state index contributed by atoms with van der Waals surface area (Å²) in [6.07, 6.45) is 6.52. The highest BCUT2D eigenvalue weighted by Crippen LogP contribution is 2.26. The molecule has 0 radical (unpaired) electrons. The van der Waals surface area contributed by atoms with Gasteiger partial charge in [0.25, 0.3) is 0 Å². The third kappa shape index (κ3) is 3.45. The second kappa shape index (κ2) is 6.19. The van der Waals surface area contributed by atoms with Crippen LogP contribution in [-0.4, -0.2) is 19.6 Å². The van der Waals surface area contributed by atoms with Gasteiger partial charge in [-0.25, -0.2) is 4.39 Å². The van der Waals surface area contributed by atoms with E-state index in [1.807, 2.05) is 19.2 Å². The van der Waals surface area contributed by atoms with E-state index in [4.69, 9.17) is 5.73 Å². The molecule has 0 amide bonds. The van der Waals surface area contributed by atoms with Gasteiger partial charge in [-0.2, -0.15) is 0 Å². The van der Waals surface area contributed by atoms with Crippen LogP contribution in [0.4, 0.5) is 10.1 Å². The number of anilines is 1. The normalized spacial score (nSPS) is 18.6. The Morgan fingerprint density at radius 2 is 1.83 bits per heavy atom. The summed E-state index contributed by atoms with van der Waals surface area (Å²) < 4.78 is 12.9. The molecule has 2 nitrogen and oxygen atoms in total. The van der Waals surface area contributed by atoms with Gasteiger partial charge in [0.15, 0.2) is 0 Å². The van der Waals surface area contributed by atoms with E-state index in [0.29, 0.717) is 5.92 Å². The molecule has 0 saturated heterocycles. The van der Waals surface area contributed by atoms with Crippen molar-refractivity contribution in [3.05, 3.63) is 30.1 Å². The molecule has 2 N–H and O–H groups in total. The summed E-state index contributed by atoms with van der Waals surface area (Å²) in [5.74, 6) is 0.463. The van der Waals surface area contributed by atoms with Crippen LogP contribution >= 0.6 is 0 Å². The highest BCUT2D eigenvalue weighted by molar-refractivity contribution is 5.45. The minimum Gasteiger partial charge on any atom is -0.373 e. The number of hydrogen-bond acceptors (Lipinski definition) is 2. The molecule has 1 saturated carbocycles. The maximum absolute atomic E-state index is 12.9. The Morgan fingerprint density at radius 1 is 1.22 bits per heavy atom. The summed E-state index contributed by atoms with van der Waals surface area (Å²) in [5, 5.41) is 0. The smallest absolute Gasteiger partial charge is 0.123 e. The van der Waals surface area contributed by atoms with E-state index in [2.05, 4.69) is 4.90 Å². The van der Waals surface area contributed by atoms with Gasteiger partial charge in [0.1, 0.15) is 5.82 Å². The second-order valence-corrected chi connectivity index (χ2v) is 5.42. The third-order valence-electron chi connectivity index (χ3n) is 4.01. The molecule has 1 aliphatic rings. The minimum atomic E-state index is -0.191. The number of nitrogens with zero attached hydrogens (tertiary/aromatic N) is 1. The maximum Gasteiger partial charge on any atom is 0.123 e. The van der Waals surface area contributed by atoms with E-state index >= 15 is 0 Å². The van der Waals surface area contributed by atoms with Crippen LogP contribution in [0.3, 0.4) is 0 Å². The Bertz CT molecular complexity index is 357.